The Labute approximate surface area is 150 Å². The van der Waals surface area contributed by atoms with Crippen molar-refractivity contribution in [3.05, 3.63) is 52.0 Å². The summed E-state index contributed by atoms with van der Waals surface area (Å²) in [5, 5.41) is 6.53. The van der Waals surface area contributed by atoms with Crippen LogP contribution in [-0.4, -0.2) is 26.8 Å². The molecule has 0 saturated carbocycles. The molecule has 7 heteroatoms. The number of carbonyl (C=O) groups is 1. The summed E-state index contributed by atoms with van der Waals surface area (Å²) in [6.07, 6.45) is 0.638. The summed E-state index contributed by atoms with van der Waals surface area (Å²) >= 11 is 11.8. The van der Waals surface area contributed by atoms with Gasteiger partial charge in [0, 0.05) is 12.6 Å². The first-order valence-electron chi connectivity index (χ1n) is 7.24. The lowest BCUT2D eigenvalue weighted by Gasteiger charge is -2.12. The van der Waals surface area contributed by atoms with Crippen LogP contribution >= 0.6 is 23.2 Å². The monoisotopic (exact) mass is 368 g/mol. The zero-order valence-electron chi connectivity index (χ0n) is 13.4. The van der Waals surface area contributed by atoms with Crippen molar-refractivity contribution < 1.29 is 14.3 Å². The highest BCUT2D eigenvalue weighted by Gasteiger charge is 2.09. The summed E-state index contributed by atoms with van der Waals surface area (Å²) in [6.45, 7) is 0.454. The summed E-state index contributed by atoms with van der Waals surface area (Å²) in [5.41, 5.74) is 1.52. The van der Waals surface area contributed by atoms with Gasteiger partial charge in [-0.1, -0.05) is 29.3 Å². The van der Waals surface area contributed by atoms with Crippen molar-refractivity contribution in [2.75, 3.05) is 26.1 Å². The largest absolute Gasteiger partial charge is 0.497 e. The molecule has 0 bridgehead atoms. The van der Waals surface area contributed by atoms with Gasteiger partial charge in [-0.2, -0.15) is 0 Å². The van der Waals surface area contributed by atoms with Gasteiger partial charge in [0.2, 0.25) is 0 Å². The molecule has 0 atom stereocenters. The highest BCUT2D eigenvalue weighted by molar-refractivity contribution is 6.42. The highest BCUT2D eigenvalue weighted by atomic mass is 35.5. The molecule has 0 unspecified atom stereocenters. The van der Waals surface area contributed by atoms with Gasteiger partial charge in [0.15, 0.2) is 0 Å². The van der Waals surface area contributed by atoms with E-state index in [1.54, 1.807) is 37.4 Å². The van der Waals surface area contributed by atoms with Crippen molar-refractivity contribution in [3.8, 4) is 11.5 Å². The molecule has 2 rings (SSSR count). The van der Waals surface area contributed by atoms with Crippen LogP contribution in [0.4, 0.5) is 10.5 Å². The lowest BCUT2D eigenvalue weighted by atomic mass is 10.1. The molecular formula is C17H18Cl2N2O3. The number of urea groups is 1. The smallest absolute Gasteiger partial charge is 0.319 e. The fourth-order valence-corrected chi connectivity index (χ4v) is 2.41. The zero-order chi connectivity index (χ0) is 17.5. The number of ether oxygens (including phenoxy) is 2. The lowest BCUT2D eigenvalue weighted by molar-refractivity contribution is 0.252. The molecule has 0 spiro atoms. The van der Waals surface area contributed by atoms with Crippen LogP contribution in [0.3, 0.4) is 0 Å². The van der Waals surface area contributed by atoms with Crippen molar-refractivity contribution in [2.24, 2.45) is 0 Å². The number of nitrogens with one attached hydrogen (secondary N) is 2. The van der Waals surface area contributed by atoms with Crippen molar-refractivity contribution in [2.45, 2.75) is 6.42 Å². The summed E-state index contributed by atoms with van der Waals surface area (Å²) < 4.78 is 10.4. The van der Waals surface area contributed by atoms with Crippen molar-refractivity contribution in [1.82, 2.24) is 5.32 Å². The van der Waals surface area contributed by atoms with E-state index in [1.165, 1.54) is 7.11 Å². The number of hydrogen-bond acceptors (Lipinski definition) is 3. The summed E-state index contributed by atoms with van der Waals surface area (Å²) in [5.74, 6) is 1.18. The summed E-state index contributed by atoms with van der Waals surface area (Å²) in [4.78, 5) is 12.0. The molecule has 5 nitrogen and oxygen atoms in total. The van der Waals surface area contributed by atoms with Crippen molar-refractivity contribution in [1.29, 1.82) is 0 Å². The SMILES string of the molecule is COc1ccc(OC)c(NC(=O)NCCc2ccc(Cl)c(Cl)c2)c1. The Hall–Kier alpha value is -2.11. The Kier molecular flexibility index (Phi) is 6.58. The summed E-state index contributed by atoms with van der Waals surface area (Å²) in [6, 6.07) is 10.2. The lowest BCUT2D eigenvalue weighted by Crippen LogP contribution is -2.30. The molecule has 128 valence electrons. The molecule has 0 heterocycles. The van der Waals surface area contributed by atoms with Crippen LogP contribution in [0.15, 0.2) is 36.4 Å². The number of amides is 2. The topological polar surface area (TPSA) is 59.6 Å². The Morgan fingerprint density at radius 1 is 1.04 bits per heavy atom. The third-order valence-corrected chi connectivity index (χ3v) is 4.08. The van der Waals surface area contributed by atoms with Crippen LogP contribution in [0.5, 0.6) is 11.5 Å². The van der Waals surface area contributed by atoms with Gasteiger partial charge in [-0.15, -0.1) is 0 Å². The zero-order valence-corrected chi connectivity index (χ0v) is 14.9. The van der Waals surface area contributed by atoms with Crippen LogP contribution in [0.25, 0.3) is 0 Å². The first-order chi connectivity index (χ1) is 11.5. The molecule has 0 aliphatic rings. The number of benzene rings is 2. The molecule has 0 aliphatic carbocycles. The van der Waals surface area contributed by atoms with Gasteiger partial charge in [-0.3, -0.25) is 0 Å². The third-order valence-electron chi connectivity index (χ3n) is 3.34. The standard InChI is InChI=1S/C17H18Cl2N2O3/c1-23-12-4-6-16(24-2)15(10-12)21-17(22)20-8-7-11-3-5-13(18)14(19)9-11/h3-6,9-10H,7-8H2,1-2H3,(H2,20,21,22). The van der Waals surface area contributed by atoms with E-state index in [0.29, 0.717) is 40.2 Å². The molecule has 24 heavy (non-hydrogen) atoms. The molecule has 0 aliphatic heterocycles. The van der Waals surface area contributed by atoms with Gasteiger partial charge < -0.3 is 20.1 Å². The van der Waals surface area contributed by atoms with Gasteiger partial charge in [0.25, 0.3) is 0 Å². The van der Waals surface area contributed by atoms with Crippen LogP contribution in [0, 0.1) is 0 Å². The number of anilines is 1. The highest BCUT2D eigenvalue weighted by Crippen LogP contribution is 2.28. The predicted molar refractivity (Wildman–Crippen MR) is 96.7 cm³/mol. The molecule has 0 radical (unpaired) electrons. The fourth-order valence-electron chi connectivity index (χ4n) is 2.09. The van der Waals surface area contributed by atoms with E-state index in [9.17, 15) is 4.79 Å². The normalized spacial score (nSPS) is 10.2. The number of methoxy groups -OCH3 is 2. The van der Waals surface area contributed by atoms with E-state index in [-0.39, 0.29) is 6.03 Å². The molecule has 2 N–H and O–H groups in total. The quantitative estimate of drug-likeness (QED) is 0.795. The van der Waals surface area contributed by atoms with E-state index in [2.05, 4.69) is 10.6 Å². The molecular weight excluding hydrogens is 351 g/mol. The predicted octanol–water partition coefficient (Wildman–Crippen LogP) is 4.37. The fraction of sp³-hybridized carbons (Fsp3) is 0.235. The minimum Gasteiger partial charge on any atom is -0.497 e. The van der Waals surface area contributed by atoms with Crippen LogP contribution in [0.2, 0.25) is 10.0 Å². The van der Waals surface area contributed by atoms with Gasteiger partial charge in [-0.25, -0.2) is 4.79 Å². The second-order valence-corrected chi connectivity index (χ2v) is 5.76. The second kappa shape index (κ2) is 8.66. The number of rotatable bonds is 6. The average molecular weight is 369 g/mol. The number of halogens is 2. The molecule has 0 fully saturated rings. The number of hydrogen-bond donors (Lipinski definition) is 2. The molecule has 2 aromatic rings. The third kappa shape index (κ3) is 4.94. The Bertz CT molecular complexity index is 723. The Morgan fingerprint density at radius 2 is 1.83 bits per heavy atom. The minimum atomic E-state index is -0.332. The maximum absolute atomic E-state index is 12.0. The van der Waals surface area contributed by atoms with Crippen LogP contribution in [0.1, 0.15) is 5.56 Å². The first kappa shape index (κ1) is 18.2. The molecule has 2 aromatic carbocycles. The molecule has 0 saturated heterocycles. The Balaban J connectivity index is 1.90. The van der Waals surface area contributed by atoms with Gasteiger partial charge >= 0.3 is 6.03 Å². The molecule has 2 amide bonds. The first-order valence-corrected chi connectivity index (χ1v) is 8.00. The van der Waals surface area contributed by atoms with E-state index in [4.69, 9.17) is 32.7 Å². The summed E-state index contributed by atoms with van der Waals surface area (Å²) in [7, 11) is 3.10. The van der Waals surface area contributed by atoms with Crippen molar-refractivity contribution >= 4 is 34.9 Å². The van der Waals surface area contributed by atoms with E-state index < -0.39 is 0 Å². The van der Waals surface area contributed by atoms with Crippen LogP contribution < -0.4 is 20.1 Å². The number of carbonyl (C=O) groups excluding carboxylic acids is 1. The van der Waals surface area contributed by atoms with Crippen LogP contribution in [-0.2, 0) is 6.42 Å². The van der Waals surface area contributed by atoms with Crippen molar-refractivity contribution in [3.63, 3.8) is 0 Å². The van der Waals surface area contributed by atoms with E-state index in [1.807, 2.05) is 6.07 Å². The van der Waals surface area contributed by atoms with Gasteiger partial charge in [0.1, 0.15) is 11.5 Å². The van der Waals surface area contributed by atoms with E-state index in [0.717, 1.165) is 5.56 Å². The molecule has 0 aromatic heterocycles. The van der Waals surface area contributed by atoms with E-state index >= 15 is 0 Å². The second-order valence-electron chi connectivity index (χ2n) is 4.95. The Morgan fingerprint density at radius 3 is 2.50 bits per heavy atom. The maximum Gasteiger partial charge on any atom is 0.319 e. The average Bonchev–Trinajstić information content (AvgIpc) is 2.58. The minimum absolute atomic E-state index is 0.332. The van der Waals surface area contributed by atoms with Gasteiger partial charge in [-0.05, 0) is 36.2 Å². The maximum atomic E-state index is 12.0. The van der Waals surface area contributed by atoms with Gasteiger partial charge in [0.05, 0.1) is 30.0 Å².